The van der Waals surface area contributed by atoms with Crippen molar-refractivity contribution in [2.75, 3.05) is 18.8 Å². The molecular formula is C26H30N6O2S. The molecule has 1 aliphatic rings. The lowest BCUT2D eigenvalue weighted by Crippen LogP contribution is -2.32. The molecule has 1 aliphatic heterocycles. The van der Waals surface area contributed by atoms with E-state index >= 15 is 0 Å². The van der Waals surface area contributed by atoms with E-state index in [1.165, 1.54) is 0 Å². The van der Waals surface area contributed by atoms with E-state index in [0.29, 0.717) is 10.6 Å². The quantitative estimate of drug-likeness (QED) is 0.380. The molecule has 2 aromatic carbocycles. The van der Waals surface area contributed by atoms with Crippen LogP contribution < -0.4 is 15.8 Å². The van der Waals surface area contributed by atoms with Gasteiger partial charge in [0.25, 0.3) is 0 Å². The molecule has 4 N–H and O–H groups in total. The number of nitrogens with one attached hydrogen (secondary N) is 2. The number of nitrogens with zero attached hydrogens (tertiary/aromatic N) is 3. The van der Waals surface area contributed by atoms with Gasteiger partial charge in [-0.3, -0.25) is 9.67 Å². The fourth-order valence-electron chi connectivity index (χ4n) is 4.77. The van der Waals surface area contributed by atoms with E-state index in [1.807, 2.05) is 61.1 Å². The molecule has 0 radical (unpaired) electrons. The van der Waals surface area contributed by atoms with Crippen molar-refractivity contribution < 1.29 is 8.42 Å². The van der Waals surface area contributed by atoms with E-state index in [0.717, 1.165) is 64.8 Å². The first-order chi connectivity index (χ1) is 16.8. The summed E-state index contributed by atoms with van der Waals surface area (Å²) >= 11 is 0. The number of fused-ring (bicyclic) bond motifs is 1. The highest BCUT2D eigenvalue weighted by Crippen LogP contribution is 2.34. The summed E-state index contributed by atoms with van der Waals surface area (Å²) in [5.74, 6) is 0. The van der Waals surface area contributed by atoms with Crippen LogP contribution in [0.5, 0.6) is 0 Å². The maximum absolute atomic E-state index is 12.8. The molecule has 3 heterocycles. The highest BCUT2D eigenvalue weighted by molar-refractivity contribution is 7.89. The minimum Gasteiger partial charge on any atom is -0.397 e. The van der Waals surface area contributed by atoms with Crippen LogP contribution in [0.25, 0.3) is 22.2 Å². The van der Waals surface area contributed by atoms with Gasteiger partial charge in [-0.05, 0) is 50.4 Å². The van der Waals surface area contributed by atoms with Gasteiger partial charge in [-0.25, -0.2) is 13.1 Å². The first kappa shape index (κ1) is 23.5. The SMILES string of the molecule is Cc1ccc(S(=O)(=O)NCc2ccc(-c3nn([C@@H]4CCCNC4)c4cncc(N)c34)cc2)c(C)c1. The van der Waals surface area contributed by atoms with Crippen LogP contribution in [0, 0.1) is 13.8 Å². The van der Waals surface area contributed by atoms with Crippen molar-refractivity contribution >= 4 is 26.6 Å². The Morgan fingerprint density at radius 3 is 2.66 bits per heavy atom. The van der Waals surface area contributed by atoms with E-state index < -0.39 is 10.0 Å². The molecule has 1 saturated heterocycles. The maximum atomic E-state index is 12.8. The summed E-state index contributed by atoms with van der Waals surface area (Å²) in [6.07, 6.45) is 5.64. The third-order valence-corrected chi connectivity index (χ3v) is 8.14. The first-order valence-electron chi connectivity index (χ1n) is 11.8. The molecule has 35 heavy (non-hydrogen) atoms. The standard InChI is InChI=1S/C26H30N6O2S/c1-17-5-10-24(18(2)12-17)35(33,34)30-13-19-6-8-20(9-7-19)26-25-22(27)15-29-16-23(25)32(31-26)21-4-3-11-28-14-21/h5-10,12,15-16,21,28,30H,3-4,11,13-14,27H2,1-2H3/t21-/m1/s1. The molecule has 0 bridgehead atoms. The Morgan fingerprint density at radius 2 is 1.94 bits per heavy atom. The number of benzene rings is 2. The molecule has 0 unspecified atom stereocenters. The van der Waals surface area contributed by atoms with E-state index in [-0.39, 0.29) is 12.6 Å². The Kier molecular flexibility index (Phi) is 6.31. The third kappa shape index (κ3) is 4.67. The van der Waals surface area contributed by atoms with Gasteiger partial charge < -0.3 is 11.1 Å². The van der Waals surface area contributed by atoms with Gasteiger partial charge in [0.05, 0.1) is 39.9 Å². The van der Waals surface area contributed by atoms with E-state index in [4.69, 9.17) is 10.8 Å². The van der Waals surface area contributed by atoms with Crippen LogP contribution in [-0.2, 0) is 16.6 Å². The Hall–Kier alpha value is -3.27. The molecule has 4 aromatic rings. The average molecular weight is 491 g/mol. The van der Waals surface area contributed by atoms with Gasteiger partial charge in [0.1, 0.15) is 5.69 Å². The molecule has 9 heteroatoms. The molecule has 0 amide bonds. The zero-order valence-electron chi connectivity index (χ0n) is 20.0. The molecule has 8 nitrogen and oxygen atoms in total. The molecule has 0 saturated carbocycles. The van der Waals surface area contributed by atoms with E-state index in [9.17, 15) is 8.42 Å². The first-order valence-corrected chi connectivity index (χ1v) is 13.3. The van der Waals surface area contributed by atoms with Gasteiger partial charge >= 0.3 is 0 Å². The van der Waals surface area contributed by atoms with Gasteiger partial charge in [-0.2, -0.15) is 5.10 Å². The minimum atomic E-state index is -3.61. The van der Waals surface area contributed by atoms with Gasteiger partial charge in [0.15, 0.2) is 0 Å². The number of sulfonamides is 1. The van der Waals surface area contributed by atoms with E-state index in [1.54, 1.807) is 12.3 Å². The largest absolute Gasteiger partial charge is 0.397 e. The summed E-state index contributed by atoms with van der Waals surface area (Å²) in [5, 5.41) is 9.30. The van der Waals surface area contributed by atoms with Gasteiger partial charge in [0, 0.05) is 18.7 Å². The van der Waals surface area contributed by atoms with Crippen molar-refractivity contribution in [2.45, 2.75) is 44.2 Å². The molecule has 0 aliphatic carbocycles. The van der Waals surface area contributed by atoms with Crippen LogP contribution in [0.1, 0.15) is 35.6 Å². The minimum absolute atomic E-state index is 0.199. The Morgan fingerprint density at radius 1 is 1.14 bits per heavy atom. The average Bonchev–Trinajstić information content (AvgIpc) is 3.24. The van der Waals surface area contributed by atoms with Gasteiger partial charge in [-0.15, -0.1) is 0 Å². The number of aromatic nitrogens is 3. The zero-order valence-corrected chi connectivity index (χ0v) is 20.8. The van der Waals surface area contributed by atoms with Crippen LogP contribution in [0.15, 0.2) is 59.8 Å². The van der Waals surface area contributed by atoms with Crippen LogP contribution in [0.2, 0.25) is 0 Å². The Labute approximate surface area is 205 Å². The maximum Gasteiger partial charge on any atom is 0.241 e. The number of piperidine rings is 1. The number of nitrogen functional groups attached to an aromatic ring is 1. The zero-order chi connectivity index (χ0) is 24.6. The van der Waals surface area contributed by atoms with Crippen molar-refractivity contribution in [1.82, 2.24) is 24.8 Å². The Balaban J connectivity index is 1.40. The lowest BCUT2D eigenvalue weighted by molar-refractivity contribution is 0.355. The summed E-state index contributed by atoms with van der Waals surface area (Å²) in [6.45, 7) is 5.85. The summed E-state index contributed by atoms with van der Waals surface area (Å²) in [7, 11) is -3.61. The number of hydrogen-bond acceptors (Lipinski definition) is 6. The molecule has 1 fully saturated rings. The van der Waals surface area contributed by atoms with Gasteiger partial charge in [-0.1, -0.05) is 42.0 Å². The van der Waals surface area contributed by atoms with Gasteiger partial charge in [0.2, 0.25) is 10.0 Å². The molecule has 1 atom stereocenters. The second-order valence-electron chi connectivity index (χ2n) is 9.21. The highest BCUT2D eigenvalue weighted by Gasteiger charge is 2.22. The highest BCUT2D eigenvalue weighted by atomic mass is 32.2. The van der Waals surface area contributed by atoms with Crippen molar-refractivity contribution in [3.63, 3.8) is 0 Å². The van der Waals surface area contributed by atoms with Crippen LogP contribution in [0.4, 0.5) is 5.69 Å². The molecule has 5 rings (SSSR count). The van der Waals surface area contributed by atoms with Crippen molar-refractivity contribution in [1.29, 1.82) is 0 Å². The number of nitrogens with two attached hydrogens (primary N) is 1. The summed E-state index contributed by atoms with van der Waals surface area (Å²) in [5.41, 5.74) is 12.2. The lowest BCUT2D eigenvalue weighted by Gasteiger charge is -2.23. The number of hydrogen-bond donors (Lipinski definition) is 3. The molecule has 2 aromatic heterocycles. The summed E-state index contributed by atoms with van der Waals surface area (Å²) < 4.78 is 30.4. The molecule has 0 spiro atoms. The van der Waals surface area contributed by atoms with Crippen molar-refractivity contribution in [2.24, 2.45) is 0 Å². The van der Waals surface area contributed by atoms with Crippen molar-refractivity contribution in [3.05, 3.63) is 71.5 Å². The summed E-state index contributed by atoms with van der Waals surface area (Å²) in [6, 6.07) is 13.4. The molecule has 182 valence electrons. The number of pyridine rings is 1. The van der Waals surface area contributed by atoms with Crippen LogP contribution in [0.3, 0.4) is 0 Å². The van der Waals surface area contributed by atoms with Crippen LogP contribution >= 0.6 is 0 Å². The monoisotopic (exact) mass is 490 g/mol. The fraction of sp³-hybridized carbons (Fsp3) is 0.308. The smallest absolute Gasteiger partial charge is 0.241 e. The van der Waals surface area contributed by atoms with E-state index in [2.05, 4.69) is 15.0 Å². The third-order valence-electron chi connectivity index (χ3n) is 6.58. The number of anilines is 1. The predicted octanol–water partition coefficient (Wildman–Crippen LogP) is 3.70. The fourth-order valence-corrected chi connectivity index (χ4v) is 6.01. The van der Waals surface area contributed by atoms with Crippen LogP contribution in [-0.4, -0.2) is 36.3 Å². The molecular weight excluding hydrogens is 460 g/mol. The second-order valence-corrected chi connectivity index (χ2v) is 10.9. The number of aryl methyl sites for hydroxylation is 2. The normalized spacial score (nSPS) is 16.6. The summed E-state index contributed by atoms with van der Waals surface area (Å²) in [4.78, 5) is 4.60. The predicted molar refractivity (Wildman–Crippen MR) is 138 cm³/mol. The second kappa shape index (κ2) is 9.41. The lowest BCUT2D eigenvalue weighted by atomic mass is 10.1. The van der Waals surface area contributed by atoms with Crippen molar-refractivity contribution in [3.8, 4) is 11.3 Å². The Bertz CT molecular complexity index is 1470. The number of rotatable bonds is 6. The topological polar surface area (TPSA) is 115 Å².